The summed E-state index contributed by atoms with van der Waals surface area (Å²) < 4.78 is 40.7. The highest BCUT2D eigenvalue weighted by Gasteiger charge is 2.33. The van der Waals surface area contributed by atoms with E-state index < -0.39 is 29.8 Å². The molecule has 3 rings (SSSR count). The third-order valence-corrected chi connectivity index (χ3v) is 4.76. The van der Waals surface area contributed by atoms with E-state index in [0.717, 1.165) is 16.7 Å². The van der Waals surface area contributed by atoms with Crippen LogP contribution in [-0.4, -0.2) is 15.5 Å². The highest BCUT2D eigenvalue weighted by atomic mass is 35.5. The van der Waals surface area contributed by atoms with Crippen LogP contribution in [0.3, 0.4) is 0 Å². The van der Waals surface area contributed by atoms with E-state index >= 15 is 0 Å². The lowest BCUT2D eigenvalue weighted by Crippen LogP contribution is -2.32. The van der Waals surface area contributed by atoms with Crippen LogP contribution >= 0.6 is 11.6 Å². The van der Waals surface area contributed by atoms with Gasteiger partial charge >= 0.3 is 6.18 Å². The van der Waals surface area contributed by atoms with Gasteiger partial charge in [-0.2, -0.15) is 13.2 Å². The molecule has 0 saturated carbocycles. The summed E-state index contributed by atoms with van der Waals surface area (Å²) in [5.74, 6) is -0.591. The average Bonchev–Trinajstić information content (AvgIpc) is 2.68. The Bertz CT molecular complexity index is 1170. The van der Waals surface area contributed by atoms with Gasteiger partial charge in [0, 0.05) is 21.8 Å². The van der Waals surface area contributed by atoms with E-state index in [4.69, 9.17) is 11.6 Å². The lowest BCUT2D eigenvalue weighted by atomic mass is 10.1. The van der Waals surface area contributed by atoms with Gasteiger partial charge in [-0.15, -0.1) is 0 Å². The summed E-state index contributed by atoms with van der Waals surface area (Å²) in [6.07, 6.45) is -4.63. The Labute approximate surface area is 175 Å². The van der Waals surface area contributed by atoms with Gasteiger partial charge in [0.05, 0.1) is 11.3 Å². The minimum absolute atomic E-state index is 0.199. The number of hydrogen-bond donors (Lipinski definition) is 1. The molecule has 3 aromatic rings. The summed E-state index contributed by atoms with van der Waals surface area (Å²) in [4.78, 5) is 29.8. The standard InChI is InChI=1S/C21H17ClF3N3O2/c1-12-13(2)26-19(14-6-5-7-15(22)10-14)28(20(12)30)11-18(29)27-17-9-4-3-8-16(17)21(23,24)25/h3-10H,11H2,1-2H3,(H,27,29). The van der Waals surface area contributed by atoms with Crippen molar-refractivity contribution in [2.75, 3.05) is 5.32 Å². The lowest BCUT2D eigenvalue weighted by molar-refractivity contribution is -0.137. The van der Waals surface area contributed by atoms with Crippen molar-refractivity contribution in [2.24, 2.45) is 0 Å². The zero-order valence-electron chi connectivity index (χ0n) is 16.0. The third-order valence-electron chi connectivity index (χ3n) is 4.53. The molecule has 1 N–H and O–H groups in total. The molecule has 1 aromatic heterocycles. The van der Waals surface area contributed by atoms with Gasteiger partial charge in [0.2, 0.25) is 5.91 Å². The number of carbonyl (C=O) groups is 1. The van der Waals surface area contributed by atoms with Crippen LogP contribution in [0.1, 0.15) is 16.8 Å². The number of hydrogen-bond acceptors (Lipinski definition) is 3. The second kappa shape index (κ2) is 8.31. The van der Waals surface area contributed by atoms with Crippen molar-refractivity contribution in [3.63, 3.8) is 0 Å². The van der Waals surface area contributed by atoms with Crippen molar-refractivity contribution in [3.05, 3.63) is 80.7 Å². The quantitative estimate of drug-likeness (QED) is 0.638. The van der Waals surface area contributed by atoms with E-state index in [-0.39, 0.29) is 11.5 Å². The van der Waals surface area contributed by atoms with Crippen molar-refractivity contribution in [1.82, 2.24) is 9.55 Å². The molecule has 1 amide bonds. The maximum absolute atomic E-state index is 13.2. The summed E-state index contributed by atoms with van der Waals surface area (Å²) in [5.41, 5.74) is -0.496. The van der Waals surface area contributed by atoms with Gasteiger partial charge in [-0.3, -0.25) is 14.2 Å². The van der Waals surface area contributed by atoms with Gasteiger partial charge in [0.1, 0.15) is 12.4 Å². The molecular weight excluding hydrogens is 419 g/mol. The molecule has 2 aromatic carbocycles. The molecule has 9 heteroatoms. The van der Waals surface area contributed by atoms with Gasteiger partial charge in [0.15, 0.2) is 0 Å². The monoisotopic (exact) mass is 435 g/mol. The molecule has 0 fully saturated rings. The highest BCUT2D eigenvalue weighted by molar-refractivity contribution is 6.30. The number of nitrogens with zero attached hydrogens (tertiary/aromatic N) is 2. The number of amides is 1. The Morgan fingerprint density at radius 1 is 1.13 bits per heavy atom. The molecule has 0 spiro atoms. The zero-order chi connectivity index (χ0) is 22.1. The Kier molecular flexibility index (Phi) is 5.98. The Balaban J connectivity index is 2.00. The van der Waals surface area contributed by atoms with Crippen LogP contribution in [0.15, 0.2) is 53.3 Å². The summed E-state index contributed by atoms with van der Waals surface area (Å²) in [7, 11) is 0. The number of aryl methyl sites for hydroxylation is 1. The normalized spacial score (nSPS) is 11.4. The van der Waals surface area contributed by atoms with Crippen molar-refractivity contribution >= 4 is 23.2 Å². The number of nitrogens with one attached hydrogen (secondary N) is 1. The molecule has 0 atom stereocenters. The van der Waals surface area contributed by atoms with E-state index in [9.17, 15) is 22.8 Å². The number of anilines is 1. The molecule has 1 heterocycles. The summed E-state index contributed by atoms with van der Waals surface area (Å²) >= 11 is 6.03. The van der Waals surface area contributed by atoms with Crippen LogP contribution in [0, 0.1) is 13.8 Å². The third kappa shape index (κ3) is 4.54. The van der Waals surface area contributed by atoms with Crippen molar-refractivity contribution in [2.45, 2.75) is 26.6 Å². The molecule has 0 unspecified atom stereocenters. The number of aromatic nitrogens is 2. The fraction of sp³-hybridized carbons (Fsp3) is 0.190. The molecular formula is C21H17ClF3N3O2. The second-order valence-corrected chi connectivity index (χ2v) is 7.08. The molecule has 30 heavy (non-hydrogen) atoms. The van der Waals surface area contributed by atoms with Crippen LogP contribution in [0.25, 0.3) is 11.4 Å². The SMILES string of the molecule is Cc1nc(-c2cccc(Cl)c2)n(CC(=O)Nc2ccccc2C(F)(F)F)c(=O)c1C. The largest absolute Gasteiger partial charge is 0.418 e. The number of rotatable bonds is 4. The first-order valence-corrected chi connectivity index (χ1v) is 9.26. The van der Waals surface area contributed by atoms with E-state index in [2.05, 4.69) is 10.3 Å². The Hall–Kier alpha value is -3.13. The van der Waals surface area contributed by atoms with E-state index in [0.29, 0.717) is 21.8 Å². The smallest absolute Gasteiger partial charge is 0.324 e. The predicted octanol–water partition coefficient (Wildman–Crippen LogP) is 4.84. The number of carbonyl (C=O) groups excluding carboxylic acids is 1. The maximum atomic E-state index is 13.2. The van der Waals surface area contributed by atoms with Crippen LogP contribution in [0.4, 0.5) is 18.9 Å². The van der Waals surface area contributed by atoms with Crippen molar-refractivity contribution in [3.8, 4) is 11.4 Å². The van der Waals surface area contributed by atoms with Crippen LogP contribution in [0.5, 0.6) is 0 Å². The number of alkyl halides is 3. The maximum Gasteiger partial charge on any atom is 0.418 e. The Morgan fingerprint density at radius 3 is 2.50 bits per heavy atom. The average molecular weight is 436 g/mol. The fourth-order valence-corrected chi connectivity index (χ4v) is 3.11. The van der Waals surface area contributed by atoms with Gasteiger partial charge in [-0.1, -0.05) is 35.9 Å². The molecule has 0 saturated heterocycles. The summed E-state index contributed by atoms with van der Waals surface area (Å²) in [5, 5.41) is 2.66. The number of para-hydroxylation sites is 1. The molecule has 0 bridgehead atoms. The van der Waals surface area contributed by atoms with Crippen molar-refractivity contribution < 1.29 is 18.0 Å². The topological polar surface area (TPSA) is 64.0 Å². The highest BCUT2D eigenvalue weighted by Crippen LogP contribution is 2.34. The van der Waals surface area contributed by atoms with Crippen LogP contribution < -0.4 is 10.9 Å². The summed E-state index contributed by atoms with van der Waals surface area (Å²) in [6, 6.07) is 11.2. The van der Waals surface area contributed by atoms with Gasteiger partial charge in [0.25, 0.3) is 5.56 Å². The molecule has 0 aliphatic heterocycles. The minimum atomic E-state index is -4.63. The van der Waals surface area contributed by atoms with Crippen LogP contribution in [-0.2, 0) is 17.5 Å². The lowest BCUT2D eigenvalue weighted by Gasteiger charge is -2.16. The molecule has 0 radical (unpaired) electrons. The van der Waals surface area contributed by atoms with E-state index in [1.165, 1.54) is 12.1 Å². The first kappa shape index (κ1) is 21.6. The van der Waals surface area contributed by atoms with Gasteiger partial charge < -0.3 is 5.32 Å². The minimum Gasteiger partial charge on any atom is -0.324 e. The first-order chi connectivity index (χ1) is 14.1. The van der Waals surface area contributed by atoms with Crippen molar-refractivity contribution in [1.29, 1.82) is 0 Å². The summed E-state index contributed by atoms with van der Waals surface area (Å²) in [6.45, 7) is 2.72. The first-order valence-electron chi connectivity index (χ1n) is 8.88. The van der Waals surface area contributed by atoms with Gasteiger partial charge in [-0.05, 0) is 38.1 Å². The molecule has 0 aliphatic carbocycles. The molecule has 0 aliphatic rings. The molecule has 156 valence electrons. The van der Waals surface area contributed by atoms with Crippen LogP contribution in [0.2, 0.25) is 5.02 Å². The Morgan fingerprint density at radius 2 is 1.83 bits per heavy atom. The zero-order valence-corrected chi connectivity index (χ0v) is 16.8. The fourth-order valence-electron chi connectivity index (χ4n) is 2.92. The number of benzene rings is 2. The number of halogens is 4. The molecule has 5 nitrogen and oxygen atoms in total. The predicted molar refractivity (Wildman–Crippen MR) is 108 cm³/mol. The van der Waals surface area contributed by atoms with E-state index in [1.807, 2.05) is 0 Å². The van der Waals surface area contributed by atoms with Gasteiger partial charge in [-0.25, -0.2) is 4.98 Å². The van der Waals surface area contributed by atoms with E-state index in [1.54, 1.807) is 38.1 Å². The second-order valence-electron chi connectivity index (χ2n) is 6.64.